The minimum atomic E-state index is 0.455. The molecule has 0 spiro atoms. The Morgan fingerprint density at radius 2 is 2.05 bits per heavy atom. The molecule has 0 saturated carbocycles. The summed E-state index contributed by atoms with van der Waals surface area (Å²) in [4.78, 5) is 6.16. The van der Waals surface area contributed by atoms with Crippen LogP contribution in [-0.2, 0) is 6.42 Å². The largest absolute Gasteiger partial charge is 0.399 e. The van der Waals surface area contributed by atoms with Crippen LogP contribution in [0.15, 0.2) is 47.4 Å². The van der Waals surface area contributed by atoms with Crippen LogP contribution in [0.3, 0.4) is 0 Å². The Morgan fingerprint density at radius 1 is 1.16 bits per heavy atom. The number of thiazole rings is 1. The van der Waals surface area contributed by atoms with Gasteiger partial charge in [0.05, 0.1) is 15.5 Å². The van der Waals surface area contributed by atoms with Crippen LogP contribution in [0, 0.1) is 0 Å². The van der Waals surface area contributed by atoms with Gasteiger partial charge in [0, 0.05) is 10.6 Å². The van der Waals surface area contributed by atoms with Gasteiger partial charge in [0.15, 0.2) is 0 Å². The van der Waals surface area contributed by atoms with Crippen LogP contribution in [0.1, 0.15) is 15.8 Å². The van der Waals surface area contributed by atoms with Crippen LogP contribution in [0.25, 0.3) is 10.2 Å². The number of thioether (sulfide) groups is 1. The van der Waals surface area contributed by atoms with Gasteiger partial charge in [0.2, 0.25) is 0 Å². The molecule has 19 heavy (non-hydrogen) atoms. The van der Waals surface area contributed by atoms with Crippen molar-refractivity contribution in [2.75, 3.05) is 5.73 Å². The molecule has 1 unspecified atom stereocenters. The van der Waals surface area contributed by atoms with Crippen molar-refractivity contribution in [3.8, 4) is 0 Å². The molecule has 2 N–H and O–H groups in total. The highest BCUT2D eigenvalue weighted by atomic mass is 32.2. The predicted molar refractivity (Wildman–Crippen MR) is 82.8 cm³/mol. The van der Waals surface area contributed by atoms with E-state index in [4.69, 9.17) is 10.7 Å². The van der Waals surface area contributed by atoms with E-state index in [-0.39, 0.29) is 0 Å². The average molecular weight is 284 g/mol. The fourth-order valence-corrected chi connectivity index (χ4v) is 4.89. The lowest BCUT2D eigenvalue weighted by Gasteiger charge is -2.02. The fourth-order valence-electron chi connectivity index (χ4n) is 2.42. The predicted octanol–water partition coefficient (Wildman–Crippen LogP) is 4.27. The second-order valence-corrected chi connectivity index (χ2v) is 7.00. The van der Waals surface area contributed by atoms with Crippen molar-refractivity contribution in [2.24, 2.45) is 0 Å². The monoisotopic (exact) mass is 284 g/mol. The summed E-state index contributed by atoms with van der Waals surface area (Å²) in [7, 11) is 0. The minimum Gasteiger partial charge on any atom is -0.399 e. The summed E-state index contributed by atoms with van der Waals surface area (Å²) in [6, 6.07) is 14.6. The zero-order valence-corrected chi connectivity index (χ0v) is 11.8. The zero-order chi connectivity index (χ0) is 12.8. The first kappa shape index (κ1) is 11.3. The highest BCUT2D eigenvalue weighted by molar-refractivity contribution is 8.00. The number of hydrogen-bond acceptors (Lipinski definition) is 4. The number of nitrogen functional groups attached to an aromatic ring is 1. The first-order valence-corrected chi connectivity index (χ1v) is 7.90. The highest BCUT2D eigenvalue weighted by Crippen LogP contribution is 2.47. The van der Waals surface area contributed by atoms with Crippen LogP contribution in [0.2, 0.25) is 0 Å². The van der Waals surface area contributed by atoms with Gasteiger partial charge in [-0.25, -0.2) is 4.98 Å². The topological polar surface area (TPSA) is 38.9 Å². The molecule has 0 bridgehead atoms. The smallest absolute Gasteiger partial charge is 0.108 e. The number of benzene rings is 2. The summed E-state index contributed by atoms with van der Waals surface area (Å²) in [5.74, 6) is 0. The quantitative estimate of drug-likeness (QED) is 0.678. The molecule has 4 heteroatoms. The molecule has 1 aliphatic rings. The first-order chi connectivity index (χ1) is 9.29. The minimum absolute atomic E-state index is 0.455. The molecule has 0 amide bonds. The van der Waals surface area contributed by atoms with E-state index in [9.17, 15) is 0 Å². The van der Waals surface area contributed by atoms with Gasteiger partial charge in [-0.1, -0.05) is 18.2 Å². The van der Waals surface area contributed by atoms with Gasteiger partial charge >= 0.3 is 0 Å². The number of aromatic nitrogens is 1. The van der Waals surface area contributed by atoms with E-state index in [0.717, 1.165) is 17.6 Å². The molecule has 1 aliphatic heterocycles. The summed E-state index contributed by atoms with van der Waals surface area (Å²) in [5, 5.41) is 1.66. The number of nitrogens with zero attached hydrogens (tertiary/aromatic N) is 1. The van der Waals surface area contributed by atoms with Crippen molar-refractivity contribution in [1.29, 1.82) is 0 Å². The van der Waals surface area contributed by atoms with E-state index in [1.54, 1.807) is 11.3 Å². The molecule has 2 aromatic carbocycles. The number of rotatable bonds is 1. The van der Waals surface area contributed by atoms with E-state index in [1.807, 2.05) is 30.0 Å². The highest BCUT2D eigenvalue weighted by Gasteiger charge is 2.25. The Labute approximate surface area is 119 Å². The second-order valence-electron chi connectivity index (χ2n) is 4.70. The van der Waals surface area contributed by atoms with Gasteiger partial charge in [-0.3, -0.25) is 0 Å². The molecule has 0 aliphatic carbocycles. The Kier molecular flexibility index (Phi) is 2.53. The van der Waals surface area contributed by atoms with E-state index < -0.39 is 0 Å². The number of anilines is 1. The molecule has 1 atom stereocenters. The van der Waals surface area contributed by atoms with Gasteiger partial charge in [-0.2, -0.15) is 0 Å². The van der Waals surface area contributed by atoms with Crippen molar-refractivity contribution in [3.63, 3.8) is 0 Å². The number of nitrogens with two attached hydrogens (primary N) is 1. The summed E-state index contributed by atoms with van der Waals surface area (Å²) in [6.45, 7) is 0. The number of hydrogen-bond donors (Lipinski definition) is 1. The molecular weight excluding hydrogens is 272 g/mol. The first-order valence-electron chi connectivity index (χ1n) is 6.20. The summed E-state index contributed by atoms with van der Waals surface area (Å²) in [6.07, 6.45) is 1.08. The van der Waals surface area contributed by atoms with Crippen molar-refractivity contribution >= 4 is 39.0 Å². The Morgan fingerprint density at radius 3 is 2.95 bits per heavy atom. The third kappa shape index (κ3) is 1.91. The third-order valence-electron chi connectivity index (χ3n) is 3.35. The van der Waals surface area contributed by atoms with E-state index in [0.29, 0.717) is 5.25 Å². The van der Waals surface area contributed by atoms with Gasteiger partial charge in [0.25, 0.3) is 0 Å². The lowest BCUT2D eigenvalue weighted by molar-refractivity contribution is 0.939. The van der Waals surface area contributed by atoms with Gasteiger partial charge in [-0.05, 0) is 36.2 Å². The van der Waals surface area contributed by atoms with Crippen LogP contribution in [0.5, 0.6) is 0 Å². The third-order valence-corrected chi connectivity index (χ3v) is 5.96. The van der Waals surface area contributed by atoms with Gasteiger partial charge in [0.1, 0.15) is 5.01 Å². The molecule has 94 valence electrons. The zero-order valence-electron chi connectivity index (χ0n) is 10.2. The molecule has 2 heterocycles. The van der Waals surface area contributed by atoms with Crippen LogP contribution in [-0.4, -0.2) is 4.98 Å². The molecule has 0 saturated heterocycles. The number of fused-ring (bicyclic) bond motifs is 2. The molecule has 0 radical (unpaired) electrons. The van der Waals surface area contributed by atoms with Crippen LogP contribution in [0.4, 0.5) is 5.69 Å². The van der Waals surface area contributed by atoms with E-state index >= 15 is 0 Å². The van der Waals surface area contributed by atoms with Crippen molar-refractivity contribution in [2.45, 2.75) is 16.6 Å². The van der Waals surface area contributed by atoms with Crippen LogP contribution >= 0.6 is 23.1 Å². The average Bonchev–Trinajstić information content (AvgIpc) is 3.00. The van der Waals surface area contributed by atoms with E-state index in [1.165, 1.54) is 20.2 Å². The van der Waals surface area contributed by atoms with Crippen molar-refractivity contribution < 1.29 is 0 Å². The maximum Gasteiger partial charge on any atom is 0.108 e. The lowest BCUT2D eigenvalue weighted by atomic mass is 10.1. The Balaban J connectivity index is 1.73. The Hall–Kier alpha value is -1.52. The molecule has 1 aromatic heterocycles. The summed E-state index contributed by atoms with van der Waals surface area (Å²) >= 11 is 3.69. The molecular formula is C15H12N2S2. The van der Waals surface area contributed by atoms with Gasteiger partial charge < -0.3 is 5.73 Å². The standard InChI is InChI=1S/C15H12N2S2/c16-10-5-6-11-13(8-10)19-15(17-11)14-7-9-3-1-2-4-12(9)18-14/h1-6,8,14H,7,16H2. The van der Waals surface area contributed by atoms with Gasteiger partial charge in [-0.15, -0.1) is 23.1 Å². The Bertz CT molecular complexity index is 739. The molecule has 4 rings (SSSR count). The maximum atomic E-state index is 5.83. The van der Waals surface area contributed by atoms with E-state index in [2.05, 4.69) is 24.3 Å². The second kappa shape index (κ2) is 4.25. The molecule has 0 fully saturated rings. The summed E-state index contributed by atoms with van der Waals surface area (Å²) in [5.41, 5.74) is 9.14. The lowest BCUT2D eigenvalue weighted by Crippen LogP contribution is -1.90. The van der Waals surface area contributed by atoms with Crippen LogP contribution < -0.4 is 5.73 Å². The fraction of sp³-hybridized carbons (Fsp3) is 0.133. The normalized spacial score (nSPS) is 17.8. The summed E-state index contributed by atoms with van der Waals surface area (Å²) < 4.78 is 1.19. The molecule has 3 aromatic rings. The van der Waals surface area contributed by atoms with Crippen molar-refractivity contribution in [1.82, 2.24) is 4.98 Å². The molecule has 2 nitrogen and oxygen atoms in total. The SMILES string of the molecule is Nc1ccc2nc(C3Cc4ccccc4S3)sc2c1. The maximum absolute atomic E-state index is 5.83. The van der Waals surface area contributed by atoms with Crippen molar-refractivity contribution in [3.05, 3.63) is 53.0 Å².